The zero-order chi connectivity index (χ0) is 14.4. The summed E-state index contributed by atoms with van der Waals surface area (Å²) in [7, 11) is 1.65. The highest BCUT2D eigenvalue weighted by molar-refractivity contribution is 9.10. The van der Waals surface area contributed by atoms with E-state index >= 15 is 0 Å². The Morgan fingerprint density at radius 2 is 2.20 bits per heavy atom. The van der Waals surface area contributed by atoms with Gasteiger partial charge in [-0.25, -0.2) is 0 Å². The smallest absolute Gasteiger partial charge is 0.249 e. The minimum atomic E-state index is 0.447. The number of hydrogen-bond donors (Lipinski definition) is 2. The average Bonchev–Trinajstić information content (AvgIpc) is 2.44. The van der Waals surface area contributed by atoms with E-state index in [1.165, 1.54) is 5.56 Å². The molecule has 1 aromatic carbocycles. The molecule has 2 N–H and O–H groups in total. The molecule has 0 bridgehead atoms. The Bertz CT molecular complexity index is 578. The number of halogens is 1. The number of hydrogen-bond acceptors (Lipinski definition) is 6. The van der Waals surface area contributed by atoms with Gasteiger partial charge in [0.1, 0.15) is 0 Å². The lowest BCUT2D eigenvalue weighted by Crippen LogP contribution is -2.10. The van der Waals surface area contributed by atoms with E-state index in [-0.39, 0.29) is 0 Å². The van der Waals surface area contributed by atoms with Gasteiger partial charge in [-0.15, -0.1) is 5.10 Å². The molecule has 0 amide bonds. The maximum Gasteiger partial charge on any atom is 0.249 e. The first-order valence-electron chi connectivity index (χ1n) is 6.15. The van der Waals surface area contributed by atoms with Crippen molar-refractivity contribution in [1.29, 1.82) is 0 Å². The summed E-state index contributed by atoms with van der Waals surface area (Å²) in [4.78, 5) is 4.33. The van der Waals surface area contributed by atoms with E-state index < -0.39 is 0 Å². The van der Waals surface area contributed by atoms with E-state index in [4.69, 9.17) is 4.74 Å². The van der Waals surface area contributed by atoms with Gasteiger partial charge >= 0.3 is 0 Å². The Morgan fingerprint density at radius 1 is 1.35 bits per heavy atom. The summed E-state index contributed by atoms with van der Waals surface area (Å²) in [5.74, 6) is 1.11. The fraction of sp³-hybridized carbons (Fsp3) is 0.308. The second kappa shape index (κ2) is 7.16. The SMILES string of the molecule is COCCNc1cnnc(Nc2ccc(C)c(Br)c2)n1. The quantitative estimate of drug-likeness (QED) is 0.789. The summed E-state index contributed by atoms with van der Waals surface area (Å²) in [5.41, 5.74) is 2.07. The van der Waals surface area contributed by atoms with Gasteiger partial charge in [0.05, 0.1) is 12.8 Å². The predicted molar refractivity (Wildman–Crippen MR) is 82.4 cm³/mol. The molecule has 7 heteroatoms. The molecule has 1 aromatic heterocycles. The maximum absolute atomic E-state index is 4.97. The number of aryl methyl sites for hydroxylation is 1. The lowest BCUT2D eigenvalue weighted by Gasteiger charge is -2.08. The molecule has 2 aromatic rings. The van der Waals surface area contributed by atoms with Gasteiger partial charge in [0.2, 0.25) is 5.95 Å². The predicted octanol–water partition coefficient (Wildman–Crippen LogP) is 2.74. The fourth-order valence-corrected chi connectivity index (χ4v) is 1.90. The molecule has 0 fully saturated rings. The zero-order valence-electron chi connectivity index (χ0n) is 11.4. The lowest BCUT2D eigenvalue weighted by molar-refractivity contribution is 0.210. The minimum absolute atomic E-state index is 0.447. The van der Waals surface area contributed by atoms with Crippen molar-refractivity contribution in [1.82, 2.24) is 15.2 Å². The summed E-state index contributed by atoms with van der Waals surface area (Å²) in [5, 5.41) is 14.1. The molecular weight excluding hydrogens is 322 g/mol. The first kappa shape index (κ1) is 14.7. The van der Waals surface area contributed by atoms with Gasteiger partial charge in [0.15, 0.2) is 5.82 Å². The molecule has 0 spiro atoms. The molecule has 0 unspecified atom stereocenters. The molecule has 1 heterocycles. The van der Waals surface area contributed by atoms with Crippen LogP contribution in [0.25, 0.3) is 0 Å². The molecule has 0 radical (unpaired) electrons. The minimum Gasteiger partial charge on any atom is -0.383 e. The van der Waals surface area contributed by atoms with Gasteiger partial charge in [-0.05, 0) is 24.6 Å². The number of anilines is 3. The van der Waals surface area contributed by atoms with Gasteiger partial charge in [-0.1, -0.05) is 22.0 Å². The molecule has 0 saturated heterocycles. The topological polar surface area (TPSA) is 72.0 Å². The van der Waals surface area contributed by atoms with Crippen LogP contribution in [0.3, 0.4) is 0 Å². The van der Waals surface area contributed by atoms with Crippen molar-refractivity contribution in [2.24, 2.45) is 0 Å². The van der Waals surface area contributed by atoms with Crippen LogP contribution in [0.15, 0.2) is 28.9 Å². The third-order valence-corrected chi connectivity index (χ3v) is 3.45. The Balaban J connectivity index is 2.05. The van der Waals surface area contributed by atoms with Crippen molar-refractivity contribution in [3.05, 3.63) is 34.4 Å². The van der Waals surface area contributed by atoms with Gasteiger partial charge < -0.3 is 15.4 Å². The number of nitrogens with zero attached hydrogens (tertiary/aromatic N) is 3. The summed E-state index contributed by atoms with van der Waals surface area (Å²) >= 11 is 3.49. The zero-order valence-corrected chi connectivity index (χ0v) is 12.9. The van der Waals surface area contributed by atoms with Crippen molar-refractivity contribution in [2.75, 3.05) is 30.9 Å². The summed E-state index contributed by atoms with van der Waals surface area (Å²) in [6.45, 7) is 3.31. The van der Waals surface area contributed by atoms with Crippen molar-refractivity contribution in [2.45, 2.75) is 6.92 Å². The lowest BCUT2D eigenvalue weighted by atomic mass is 10.2. The molecule has 106 valence electrons. The molecule has 2 rings (SSSR count). The third kappa shape index (κ3) is 4.14. The highest BCUT2D eigenvalue weighted by Gasteiger charge is 2.02. The summed E-state index contributed by atoms with van der Waals surface area (Å²) in [6.07, 6.45) is 1.58. The van der Waals surface area contributed by atoms with Crippen molar-refractivity contribution < 1.29 is 4.74 Å². The highest BCUT2D eigenvalue weighted by Crippen LogP contribution is 2.22. The van der Waals surface area contributed by atoms with E-state index in [0.717, 1.165) is 10.2 Å². The molecule has 20 heavy (non-hydrogen) atoms. The normalized spacial score (nSPS) is 10.3. The van der Waals surface area contributed by atoms with Crippen LogP contribution in [0.5, 0.6) is 0 Å². The van der Waals surface area contributed by atoms with Crippen LogP contribution in [0.2, 0.25) is 0 Å². The standard InChI is InChI=1S/C13H16BrN5O/c1-9-3-4-10(7-11(9)14)17-13-18-12(8-16-19-13)15-5-6-20-2/h3-4,7-8H,5-6H2,1-2H3,(H2,15,17,18,19). The van der Waals surface area contributed by atoms with Crippen LogP contribution in [-0.2, 0) is 4.74 Å². The second-order valence-electron chi connectivity index (χ2n) is 4.17. The molecule has 0 aliphatic carbocycles. The van der Waals surface area contributed by atoms with E-state index in [0.29, 0.717) is 24.9 Å². The number of methoxy groups -OCH3 is 1. The van der Waals surface area contributed by atoms with Crippen molar-refractivity contribution in [3.63, 3.8) is 0 Å². The maximum atomic E-state index is 4.97. The molecule has 6 nitrogen and oxygen atoms in total. The molecular formula is C13H16BrN5O. The Hall–Kier alpha value is -1.73. The van der Waals surface area contributed by atoms with Crippen LogP contribution in [-0.4, -0.2) is 35.4 Å². The molecule has 0 aliphatic rings. The average molecular weight is 338 g/mol. The van der Waals surface area contributed by atoms with Gasteiger partial charge in [0.25, 0.3) is 0 Å². The van der Waals surface area contributed by atoms with E-state index in [1.54, 1.807) is 13.3 Å². The first-order valence-corrected chi connectivity index (χ1v) is 6.94. The third-order valence-electron chi connectivity index (χ3n) is 2.60. The molecule has 0 aliphatic heterocycles. The van der Waals surface area contributed by atoms with Crippen molar-refractivity contribution >= 4 is 33.4 Å². The van der Waals surface area contributed by atoms with E-state index in [9.17, 15) is 0 Å². The number of benzene rings is 1. The van der Waals surface area contributed by atoms with Gasteiger partial charge in [0, 0.05) is 23.8 Å². The van der Waals surface area contributed by atoms with Crippen LogP contribution >= 0.6 is 15.9 Å². The van der Waals surface area contributed by atoms with Crippen LogP contribution in [0, 0.1) is 6.92 Å². The number of ether oxygens (including phenoxy) is 1. The van der Waals surface area contributed by atoms with Crippen molar-refractivity contribution in [3.8, 4) is 0 Å². The summed E-state index contributed by atoms with van der Waals surface area (Å²) < 4.78 is 6.00. The Morgan fingerprint density at radius 3 is 2.95 bits per heavy atom. The largest absolute Gasteiger partial charge is 0.383 e. The molecule has 0 saturated carbocycles. The Kier molecular flexibility index (Phi) is 5.25. The first-order chi connectivity index (χ1) is 9.69. The van der Waals surface area contributed by atoms with Gasteiger partial charge in [-0.3, -0.25) is 0 Å². The Labute approximate surface area is 126 Å². The van der Waals surface area contributed by atoms with Crippen LogP contribution < -0.4 is 10.6 Å². The fourth-order valence-electron chi connectivity index (χ4n) is 1.52. The number of nitrogens with one attached hydrogen (secondary N) is 2. The number of rotatable bonds is 6. The highest BCUT2D eigenvalue weighted by atomic mass is 79.9. The number of aromatic nitrogens is 3. The van der Waals surface area contributed by atoms with Gasteiger partial charge in [-0.2, -0.15) is 10.1 Å². The van der Waals surface area contributed by atoms with Crippen LogP contribution in [0.4, 0.5) is 17.5 Å². The summed E-state index contributed by atoms with van der Waals surface area (Å²) in [6, 6.07) is 5.96. The van der Waals surface area contributed by atoms with E-state index in [1.807, 2.05) is 25.1 Å². The monoisotopic (exact) mass is 337 g/mol. The molecule has 0 atom stereocenters. The second-order valence-corrected chi connectivity index (χ2v) is 5.03. The van der Waals surface area contributed by atoms with E-state index in [2.05, 4.69) is 41.7 Å². The van der Waals surface area contributed by atoms with Crippen LogP contribution in [0.1, 0.15) is 5.56 Å².